The largest absolute Gasteiger partial charge is 0.494 e. The number of carbonyl (C=O) groups excluding carboxylic acids is 1. The Labute approximate surface area is 136 Å². The fraction of sp³-hybridized carbons (Fsp3) is 0.588. The summed E-state index contributed by atoms with van der Waals surface area (Å²) < 4.78 is 18.6. The van der Waals surface area contributed by atoms with Gasteiger partial charge in [-0.25, -0.2) is 4.39 Å². The van der Waals surface area contributed by atoms with Crippen LogP contribution in [0.4, 0.5) is 4.39 Å². The van der Waals surface area contributed by atoms with Crippen molar-refractivity contribution in [3.05, 3.63) is 29.6 Å². The molecule has 1 saturated heterocycles. The molecule has 1 aliphatic heterocycles. The van der Waals surface area contributed by atoms with Crippen LogP contribution in [0, 0.1) is 11.7 Å². The van der Waals surface area contributed by atoms with Crippen LogP contribution in [0.5, 0.6) is 5.75 Å². The first kappa shape index (κ1) is 17.1. The van der Waals surface area contributed by atoms with Crippen molar-refractivity contribution in [1.82, 2.24) is 4.90 Å². The third-order valence-corrected chi connectivity index (χ3v) is 5.36. The molecule has 0 aromatic heterocycles. The van der Waals surface area contributed by atoms with Crippen molar-refractivity contribution in [2.24, 2.45) is 5.92 Å². The van der Waals surface area contributed by atoms with Gasteiger partial charge in [-0.2, -0.15) is 0 Å². The highest BCUT2D eigenvalue weighted by Gasteiger charge is 2.24. The minimum absolute atomic E-state index is 0.0985. The van der Waals surface area contributed by atoms with E-state index in [4.69, 9.17) is 4.74 Å². The quantitative estimate of drug-likeness (QED) is 0.826. The monoisotopic (exact) mass is 325 g/mol. The maximum absolute atomic E-state index is 13.7. The van der Waals surface area contributed by atoms with Gasteiger partial charge in [0.25, 0.3) is 0 Å². The van der Waals surface area contributed by atoms with E-state index >= 15 is 0 Å². The first-order chi connectivity index (χ1) is 10.5. The van der Waals surface area contributed by atoms with Gasteiger partial charge in [0.15, 0.2) is 11.6 Å². The minimum atomic E-state index is -0.357. The first-order valence-electron chi connectivity index (χ1n) is 7.74. The molecule has 1 unspecified atom stereocenters. The molecule has 2 rings (SSSR count). The van der Waals surface area contributed by atoms with Crippen LogP contribution in [-0.4, -0.2) is 36.3 Å². The number of rotatable bonds is 5. The molecule has 0 aliphatic carbocycles. The topological polar surface area (TPSA) is 29.5 Å². The molecule has 22 heavy (non-hydrogen) atoms. The molecule has 0 N–H and O–H groups in total. The zero-order valence-electron chi connectivity index (χ0n) is 13.5. The third-order valence-electron chi connectivity index (χ3n) is 4.16. The molecule has 1 aliphatic rings. The molecule has 0 radical (unpaired) electrons. The lowest BCUT2D eigenvalue weighted by Gasteiger charge is -2.32. The van der Waals surface area contributed by atoms with Crippen molar-refractivity contribution in [3.63, 3.8) is 0 Å². The van der Waals surface area contributed by atoms with Crippen LogP contribution in [0.1, 0.15) is 32.3 Å². The molecule has 1 atom stereocenters. The number of amides is 1. The number of piperidine rings is 1. The lowest BCUT2D eigenvalue weighted by molar-refractivity contribution is -0.131. The van der Waals surface area contributed by atoms with E-state index in [0.717, 1.165) is 31.5 Å². The highest BCUT2D eigenvalue weighted by Crippen LogP contribution is 2.25. The van der Waals surface area contributed by atoms with Crippen molar-refractivity contribution >= 4 is 17.7 Å². The second kappa shape index (κ2) is 7.86. The van der Waals surface area contributed by atoms with E-state index in [1.165, 1.54) is 13.2 Å². The van der Waals surface area contributed by atoms with Crippen LogP contribution in [0.3, 0.4) is 0 Å². The Morgan fingerprint density at radius 3 is 2.73 bits per heavy atom. The summed E-state index contributed by atoms with van der Waals surface area (Å²) in [5.41, 5.74) is 0.871. The van der Waals surface area contributed by atoms with E-state index in [1.807, 2.05) is 17.9 Å². The average Bonchev–Trinajstić information content (AvgIpc) is 2.52. The molecule has 3 nitrogen and oxygen atoms in total. The number of hydrogen-bond acceptors (Lipinski definition) is 3. The number of likely N-dealkylation sites (tertiary alicyclic amines) is 1. The van der Waals surface area contributed by atoms with Crippen LogP contribution in [0.15, 0.2) is 18.2 Å². The second-order valence-corrected chi connectivity index (χ2v) is 7.26. The van der Waals surface area contributed by atoms with E-state index in [9.17, 15) is 9.18 Å². The lowest BCUT2D eigenvalue weighted by atomic mass is 9.99. The Bertz CT molecular complexity index is 515. The van der Waals surface area contributed by atoms with Gasteiger partial charge in [0, 0.05) is 18.8 Å². The number of halogens is 1. The van der Waals surface area contributed by atoms with Crippen molar-refractivity contribution in [3.8, 4) is 5.75 Å². The van der Waals surface area contributed by atoms with Crippen LogP contribution in [0.2, 0.25) is 0 Å². The number of hydrogen-bond donors (Lipinski definition) is 0. The van der Waals surface area contributed by atoms with Crippen molar-refractivity contribution < 1.29 is 13.9 Å². The van der Waals surface area contributed by atoms with Gasteiger partial charge in [-0.15, -0.1) is 11.8 Å². The SMILES string of the molecule is COc1ccc(CSC(C)C(=O)N2CCC(C)CC2)cc1F. The van der Waals surface area contributed by atoms with Gasteiger partial charge < -0.3 is 9.64 Å². The Morgan fingerprint density at radius 1 is 1.45 bits per heavy atom. The molecule has 5 heteroatoms. The minimum Gasteiger partial charge on any atom is -0.494 e. The number of nitrogens with zero attached hydrogens (tertiary/aromatic N) is 1. The molecular formula is C17H24FNO2S. The van der Waals surface area contributed by atoms with Gasteiger partial charge in [0.2, 0.25) is 5.91 Å². The average molecular weight is 325 g/mol. The molecule has 1 heterocycles. The Balaban J connectivity index is 1.85. The fourth-order valence-electron chi connectivity index (χ4n) is 2.58. The normalized spacial score (nSPS) is 17.4. The highest BCUT2D eigenvalue weighted by molar-refractivity contribution is 7.99. The predicted molar refractivity (Wildman–Crippen MR) is 88.7 cm³/mol. The van der Waals surface area contributed by atoms with Gasteiger partial charge in [-0.1, -0.05) is 13.0 Å². The summed E-state index contributed by atoms with van der Waals surface area (Å²) in [5, 5.41) is -0.0985. The number of thioether (sulfide) groups is 1. The molecule has 0 bridgehead atoms. The summed E-state index contributed by atoms with van der Waals surface area (Å²) in [7, 11) is 1.45. The maximum atomic E-state index is 13.7. The molecule has 122 valence electrons. The summed E-state index contributed by atoms with van der Waals surface area (Å²) in [6.45, 7) is 5.90. The van der Waals surface area contributed by atoms with E-state index in [1.54, 1.807) is 17.8 Å². The molecule has 0 spiro atoms. The van der Waals surface area contributed by atoms with E-state index < -0.39 is 0 Å². The third kappa shape index (κ3) is 4.38. The van der Waals surface area contributed by atoms with Gasteiger partial charge in [-0.05, 0) is 43.4 Å². The Morgan fingerprint density at radius 2 is 2.14 bits per heavy atom. The molecule has 1 aromatic carbocycles. The fourth-order valence-corrected chi connectivity index (χ4v) is 3.49. The highest BCUT2D eigenvalue weighted by atomic mass is 32.2. The number of methoxy groups -OCH3 is 1. The second-order valence-electron chi connectivity index (χ2n) is 5.93. The first-order valence-corrected chi connectivity index (χ1v) is 8.79. The van der Waals surface area contributed by atoms with E-state index in [-0.39, 0.29) is 22.7 Å². The van der Waals surface area contributed by atoms with Gasteiger partial charge >= 0.3 is 0 Å². The van der Waals surface area contributed by atoms with Crippen molar-refractivity contribution in [2.45, 2.75) is 37.7 Å². The molecule has 0 saturated carbocycles. The van der Waals surface area contributed by atoms with E-state index in [0.29, 0.717) is 11.7 Å². The van der Waals surface area contributed by atoms with Crippen molar-refractivity contribution in [1.29, 1.82) is 0 Å². The smallest absolute Gasteiger partial charge is 0.235 e. The zero-order valence-corrected chi connectivity index (χ0v) is 14.3. The summed E-state index contributed by atoms with van der Waals surface area (Å²) >= 11 is 1.56. The maximum Gasteiger partial charge on any atom is 0.235 e. The molecular weight excluding hydrogens is 301 g/mol. The number of benzene rings is 1. The molecule has 1 amide bonds. The lowest BCUT2D eigenvalue weighted by Crippen LogP contribution is -2.41. The van der Waals surface area contributed by atoms with Crippen LogP contribution in [0.25, 0.3) is 0 Å². The predicted octanol–water partition coefficient (Wildman–Crippen LogP) is 3.71. The van der Waals surface area contributed by atoms with Crippen LogP contribution < -0.4 is 4.74 Å². The zero-order chi connectivity index (χ0) is 16.1. The Kier molecular flexibility index (Phi) is 6.12. The van der Waals surface area contributed by atoms with Gasteiger partial charge in [0.05, 0.1) is 12.4 Å². The Hall–Kier alpha value is -1.23. The summed E-state index contributed by atoms with van der Waals surface area (Å²) in [6.07, 6.45) is 2.18. The van der Waals surface area contributed by atoms with Crippen LogP contribution in [-0.2, 0) is 10.5 Å². The molecule has 1 aromatic rings. The number of carbonyl (C=O) groups is 1. The number of ether oxygens (including phenoxy) is 1. The molecule has 1 fully saturated rings. The summed E-state index contributed by atoms with van der Waals surface area (Å²) in [4.78, 5) is 14.4. The van der Waals surface area contributed by atoms with Gasteiger partial charge in [0.1, 0.15) is 0 Å². The van der Waals surface area contributed by atoms with Gasteiger partial charge in [-0.3, -0.25) is 4.79 Å². The summed E-state index contributed by atoms with van der Waals surface area (Å²) in [5.74, 6) is 1.43. The van der Waals surface area contributed by atoms with E-state index in [2.05, 4.69) is 6.92 Å². The summed E-state index contributed by atoms with van der Waals surface area (Å²) in [6, 6.07) is 4.95. The standard InChI is InChI=1S/C17H24FNO2S/c1-12-6-8-19(9-7-12)17(20)13(2)22-11-14-4-5-16(21-3)15(18)10-14/h4-5,10,12-13H,6-9,11H2,1-3H3. The van der Waals surface area contributed by atoms with Crippen LogP contribution >= 0.6 is 11.8 Å². The van der Waals surface area contributed by atoms with Crippen molar-refractivity contribution in [2.75, 3.05) is 20.2 Å².